The van der Waals surface area contributed by atoms with E-state index < -0.39 is 5.67 Å². The molecule has 0 fully saturated rings. The van der Waals surface area contributed by atoms with Crippen molar-refractivity contribution in [3.05, 3.63) is 35.9 Å². The third-order valence-corrected chi connectivity index (χ3v) is 3.18. The Labute approximate surface area is 91.5 Å². The second-order valence-corrected chi connectivity index (χ2v) is 3.95. The molecule has 0 aliphatic carbocycles. The highest BCUT2D eigenvalue weighted by atomic mass is 19.1. The molecule has 1 rings (SSSR count). The molecule has 0 saturated carbocycles. The zero-order valence-corrected chi connectivity index (χ0v) is 9.54. The Bertz CT molecular complexity index is 282. The highest BCUT2D eigenvalue weighted by Gasteiger charge is 2.37. The van der Waals surface area contributed by atoms with Gasteiger partial charge in [0.05, 0.1) is 0 Å². The minimum Gasteiger partial charge on any atom is -0.327 e. The first-order valence-corrected chi connectivity index (χ1v) is 5.63. The maximum Gasteiger partial charge on any atom is 0.150 e. The maximum absolute atomic E-state index is 14.8. The fraction of sp³-hybridized carbons (Fsp3) is 0.538. The summed E-state index contributed by atoms with van der Waals surface area (Å²) in [5.74, 6) is 0.00454. The standard InChI is InChI=1S/C13H20FN/c1-3-11(4-2)13(14,10-15)12-8-6-5-7-9-12/h5-9,11H,3-4,10,15H2,1-2H3. The van der Waals surface area contributed by atoms with Crippen LogP contribution in [0.25, 0.3) is 0 Å². The molecular weight excluding hydrogens is 189 g/mol. The average molecular weight is 209 g/mol. The molecule has 0 aliphatic heterocycles. The van der Waals surface area contributed by atoms with Crippen molar-refractivity contribution >= 4 is 0 Å². The molecule has 1 aromatic carbocycles. The van der Waals surface area contributed by atoms with Crippen molar-refractivity contribution in [3.8, 4) is 0 Å². The van der Waals surface area contributed by atoms with Crippen LogP contribution in [0.1, 0.15) is 32.3 Å². The summed E-state index contributed by atoms with van der Waals surface area (Å²) in [6.07, 6.45) is 1.64. The van der Waals surface area contributed by atoms with Crippen LogP contribution in [0.5, 0.6) is 0 Å². The first-order chi connectivity index (χ1) is 7.19. The molecule has 1 nitrogen and oxygen atoms in total. The van der Waals surface area contributed by atoms with Gasteiger partial charge in [0.2, 0.25) is 0 Å². The van der Waals surface area contributed by atoms with Gasteiger partial charge in [-0.3, -0.25) is 0 Å². The summed E-state index contributed by atoms with van der Waals surface area (Å²) in [4.78, 5) is 0. The van der Waals surface area contributed by atoms with Crippen LogP contribution in [0, 0.1) is 5.92 Å². The van der Waals surface area contributed by atoms with Crippen molar-refractivity contribution < 1.29 is 4.39 Å². The van der Waals surface area contributed by atoms with Crippen molar-refractivity contribution in [1.82, 2.24) is 0 Å². The van der Waals surface area contributed by atoms with Crippen molar-refractivity contribution in [2.24, 2.45) is 11.7 Å². The number of hydrogen-bond donors (Lipinski definition) is 1. The highest BCUT2D eigenvalue weighted by Crippen LogP contribution is 2.36. The minimum atomic E-state index is -1.37. The van der Waals surface area contributed by atoms with E-state index in [0.29, 0.717) is 5.56 Å². The molecule has 0 spiro atoms. The van der Waals surface area contributed by atoms with Gasteiger partial charge >= 0.3 is 0 Å². The van der Waals surface area contributed by atoms with E-state index in [1.54, 1.807) is 0 Å². The van der Waals surface area contributed by atoms with Gasteiger partial charge in [0.25, 0.3) is 0 Å². The van der Waals surface area contributed by atoms with E-state index in [9.17, 15) is 4.39 Å². The van der Waals surface area contributed by atoms with Crippen LogP contribution >= 0.6 is 0 Å². The van der Waals surface area contributed by atoms with Crippen molar-refractivity contribution in [3.63, 3.8) is 0 Å². The van der Waals surface area contributed by atoms with Gasteiger partial charge in [-0.25, -0.2) is 4.39 Å². The number of nitrogens with two attached hydrogens (primary N) is 1. The molecule has 0 amide bonds. The largest absolute Gasteiger partial charge is 0.327 e. The predicted molar refractivity (Wildman–Crippen MR) is 62.4 cm³/mol. The topological polar surface area (TPSA) is 26.0 Å². The second-order valence-electron chi connectivity index (χ2n) is 3.95. The van der Waals surface area contributed by atoms with E-state index in [-0.39, 0.29) is 12.5 Å². The fourth-order valence-electron chi connectivity index (χ4n) is 2.17. The number of halogens is 1. The lowest BCUT2D eigenvalue weighted by molar-refractivity contribution is 0.0815. The van der Waals surface area contributed by atoms with Gasteiger partial charge < -0.3 is 5.73 Å². The quantitative estimate of drug-likeness (QED) is 0.791. The molecular formula is C13H20FN. The fourth-order valence-corrected chi connectivity index (χ4v) is 2.17. The van der Waals surface area contributed by atoms with E-state index in [2.05, 4.69) is 0 Å². The SMILES string of the molecule is CCC(CC)C(F)(CN)c1ccccc1. The number of alkyl halides is 1. The summed E-state index contributed by atoms with van der Waals surface area (Å²) in [6, 6.07) is 9.27. The molecule has 0 aliphatic rings. The normalized spacial score (nSPS) is 15.3. The molecule has 0 aromatic heterocycles. The molecule has 1 unspecified atom stereocenters. The molecule has 1 atom stereocenters. The van der Waals surface area contributed by atoms with Gasteiger partial charge in [-0.2, -0.15) is 0 Å². The third-order valence-electron chi connectivity index (χ3n) is 3.18. The Morgan fingerprint density at radius 1 is 1.20 bits per heavy atom. The summed E-state index contributed by atoms with van der Waals surface area (Å²) in [5, 5.41) is 0. The number of benzene rings is 1. The van der Waals surface area contributed by atoms with Gasteiger partial charge in [-0.05, 0) is 24.3 Å². The van der Waals surface area contributed by atoms with Crippen LogP contribution in [0.3, 0.4) is 0 Å². The summed E-state index contributed by atoms with van der Waals surface area (Å²) in [5.41, 5.74) is 4.96. The van der Waals surface area contributed by atoms with E-state index in [1.807, 2.05) is 44.2 Å². The predicted octanol–water partition coefficient (Wildman–Crippen LogP) is 3.25. The summed E-state index contributed by atoms with van der Waals surface area (Å²) >= 11 is 0. The van der Waals surface area contributed by atoms with E-state index in [0.717, 1.165) is 12.8 Å². The molecule has 0 radical (unpaired) electrons. The van der Waals surface area contributed by atoms with Gasteiger partial charge in [-0.15, -0.1) is 0 Å². The first-order valence-electron chi connectivity index (χ1n) is 5.63. The highest BCUT2D eigenvalue weighted by molar-refractivity contribution is 5.24. The average Bonchev–Trinajstić information content (AvgIpc) is 2.31. The van der Waals surface area contributed by atoms with E-state index in [1.165, 1.54) is 0 Å². The number of hydrogen-bond acceptors (Lipinski definition) is 1. The molecule has 84 valence electrons. The third kappa shape index (κ3) is 2.37. The Kier molecular flexibility index (Phi) is 4.28. The lowest BCUT2D eigenvalue weighted by Gasteiger charge is -2.32. The Morgan fingerprint density at radius 2 is 1.73 bits per heavy atom. The minimum absolute atomic E-state index is 0.00454. The smallest absolute Gasteiger partial charge is 0.150 e. The van der Waals surface area contributed by atoms with Crippen molar-refractivity contribution in [2.75, 3.05) is 6.54 Å². The molecule has 1 aromatic rings. The second kappa shape index (κ2) is 5.26. The van der Waals surface area contributed by atoms with Crippen LogP contribution in [0.15, 0.2) is 30.3 Å². The van der Waals surface area contributed by atoms with Crippen molar-refractivity contribution in [1.29, 1.82) is 0 Å². The molecule has 0 heterocycles. The lowest BCUT2D eigenvalue weighted by atomic mass is 9.80. The van der Waals surface area contributed by atoms with E-state index in [4.69, 9.17) is 5.73 Å². The molecule has 0 saturated heterocycles. The van der Waals surface area contributed by atoms with Gasteiger partial charge in [0.15, 0.2) is 5.67 Å². The monoisotopic (exact) mass is 209 g/mol. The Morgan fingerprint density at radius 3 is 2.13 bits per heavy atom. The molecule has 15 heavy (non-hydrogen) atoms. The molecule has 2 heteroatoms. The molecule has 2 N–H and O–H groups in total. The first kappa shape index (κ1) is 12.2. The van der Waals surface area contributed by atoms with Crippen LogP contribution in [-0.4, -0.2) is 6.54 Å². The van der Waals surface area contributed by atoms with Crippen LogP contribution in [0.4, 0.5) is 4.39 Å². The number of rotatable bonds is 5. The Hall–Kier alpha value is -0.890. The van der Waals surface area contributed by atoms with Gasteiger partial charge in [-0.1, -0.05) is 44.2 Å². The lowest BCUT2D eigenvalue weighted by Crippen LogP contribution is -2.37. The van der Waals surface area contributed by atoms with E-state index >= 15 is 0 Å². The summed E-state index contributed by atoms with van der Waals surface area (Å²) < 4.78 is 14.8. The van der Waals surface area contributed by atoms with Gasteiger partial charge in [0.1, 0.15) is 0 Å². The summed E-state index contributed by atoms with van der Waals surface area (Å²) in [6.45, 7) is 4.09. The van der Waals surface area contributed by atoms with Crippen LogP contribution in [0.2, 0.25) is 0 Å². The maximum atomic E-state index is 14.8. The van der Waals surface area contributed by atoms with Crippen LogP contribution < -0.4 is 5.73 Å². The summed E-state index contributed by atoms with van der Waals surface area (Å²) in [7, 11) is 0. The van der Waals surface area contributed by atoms with Gasteiger partial charge in [0, 0.05) is 6.54 Å². The zero-order chi connectivity index (χ0) is 11.3. The zero-order valence-electron chi connectivity index (χ0n) is 9.54. The Balaban J connectivity index is 3.04. The van der Waals surface area contributed by atoms with Crippen molar-refractivity contribution in [2.45, 2.75) is 32.4 Å². The molecule has 0 bridgehead atoms. The van der Waals surface area contributed by atoms with Crippen LogP contribution in [-0.2, 0) is 5.67 Å².